The molecule has 3 N–H and O–H groups in total. The summed E-state index contributed by atoms with van der Waals surface area (Å²) in [6.07, 6.45) is 3.87. The van der Waals surface area contributed by atoms with E-state index in [1.165, 1.54) is 5.56 Å². The smallest absolute Gasteiger partial charge is 0.254 e. The largest absolute Gasteiger partial charge is 0.366 e. The molecule has 0 spiro atoms. The van der Waals surface area contributed by atoms with Crippen molar-refractivity contribution in [2.75, 3.05) is 6.54 Å². The van der Waals surface area contributed by atoms with E-state index in [1.807, 2.05) is 42.2 Å². The highest BCUT2D eigenvalue weighted by Gasteiger charge is 2.30. The topological polar surface area (TPSA) is 92.1 Å². The van der Waals surface area contributed by atoms with Crippen molar-refractivity contribution >= 4 is 34.4 Å². The Morgan fingerprint density at radius 1 is 1.14 bits per heavy atom. The lowest BCUT2D eigenvalue weighted by molar-refractivity contribution is 0.0730. The minimum absolute atomic E-state index is 0.00794. The first-order chi connectivity index (χ1) is 17.4. The normalized spacial score (nSPS) is 16.4. The Balaban J connectivity index is 1.41. The number of likely N-dealkylation sites (tertiary alicyclic amines) is 1. The molecule has 0 aliphatic carbocycles. The first kappa shape index (κ1) is 24.1. The number of H-pyrrole nitrogens is 1. The lowest BCUT2D eigenvalue weighted by Gasteiger charge is -2.25. The molecule has 5 rings (SSSR count). The predicted octanol–water partition coefficient (Wildman–Crippen LogP) is 5.70. The molecule has 0 saturated carbocycles. The third-order valence-electron chi connectivity index (χ3n) is 7.15. The van der Waals surface area contributed by atoms with Crippen molar-refractivity contribution in [2.24, 2.45) is 5.73 Å². The van der Waals surface area contributed by atoms with Crippen LogP contribution < -0.4 is 5.73 Å². The molecule has 2 amide bonds. The van der Waals surface area contributed by atoms with Crippen LogP contribution in [0.2, 0.25) is 5.02 Å². The van der Waals surface area contributed by atoms with Gasteiger partial charge in [0, 0.05) is 34.7 Å². The number of rotatable bonds is 7. The SMILES string of the molecule is CC(c1nc2ccc(Cl)cc2[nH]1)c1cc(C(=O)N2CCCC2CCc2ccccc2)ccc1C(N)=O. The van der Waals surface area contributed by atoms with Crippen LogP contribution in [0.4, 0.5) is 0 Å². The average molecular weight is 501 g/mol. The van der Waals surface area contributed by atoms with Crippen molar-refractivity contribution in [2.45, 2.75) is 44.6 Å². The minimum Gasteiger partial charge on any atom is -0.366 e. The van der Waals surface area contributed by atoms with Gasteiger partial charge < -0.3 is 15.6 Å². The lowest BCUT2D eigenvalue weighted by atomic mass is 9.92. The summed E-state index contributed by atoms with van der Waals surface area (Å²) in [5, 5.41) is 0.614. The maximum absolute atomic E-state index is 13.6. The molecule has 1 aliphatic rings. The standard InChI is InChI=1S/C29H29ClN4O2/c1-18(28-32-25-14-11-21(30)17-26(25)33-28)24-16-20(10-13-23(24)27(31)35)29(36)34-15-5-8-22(34)12-9-19-6-3-2-4-7-19/h2-4,6-7,10-11,13-14,16-18,22H,5,8-9,12,15H2,1H3,(H2,31,35)(H,32,33). The molecule has 36 heavy (non-hydrogen) atoms. The van der Waals surface area contributed by atoms with Crippen molar-refractivity contribution < 1.29 is 9.59 Å². The fourth-order valence-electron chi connectivity index (χ4n) is 5.18. The highest BCUT2D eigenvalue weighted by molar-refractivity contribution is 6.31. The molecule has 1 saturated heterocycles. The summed E-state index contributed by atoms with van der Waals surface area (Å²) in [6.45, 7) is 2.69. The van der Waals surface area contributed by atoms with Gasteiger partial charge in [0.15, 0.2) is 0 Å². The number of fused-ring (bicyclic) bond motifs is 1. The molecule has 6 nitrogen and oxygen atoms in total. The summed E-state index contributed by atoms with van der Waals surface area (Å²) in [6, 6.07) is 21.2. The molecule has 7 heteroatoms. The molecule has 1 fully saturated rings. The highest BCUT2D eigenvalue weighted by Crippen LogP contribution is 2.30. The molecule has 1 aromatic heterocycles. The Morgan fingerprint density at radius 2 is 1.94 bits per heavy atom. The molecule has 3 aromatic carbocycles. The lowest BCUT2D eigenvalue weighted by Crippen LogP contribution is -2.36. The van der Waals surface area contributed by atoms with Crippen LogP contribution in [-0.4, -0.2) is 39.3 Å². The van der Waals surface area contributed by atoms with Gasteiger partial charge in [-0.05, 0) is 73.2 Å². The number of carbonyl (C=O) groups is 2. The number of hydrogen-bond donors (Lipinski definition) is 2. The number of hydrogen-bond acceptors (Lipinski definition) is 3. The number of nitrogens with one attached hydrogen (secondary N) is 1. The first-order valence-corrected chi connectivity index (χ1v) is 12.7. The molecular weight excluding hydrogens is 472 g/mol. The number of nitrogens with two attached hydrogens (primary N) is 1. The van der Waals surface area contributed by atoms with Crippen molar-refractivity contribution in [3.05, 3.63) is 99.8 Å². The summed E-state index contributed by atoms with van der Waals surface area (Å²) in [5.41, 5.74) is 10.2. The quantitative estimate of drug-likeness (QED) is 0.340. The van der Waals surface area contributed by atoms with Crippen molar-refractivity contribution in [3.63, 3.8) is 0 Å². The number of aryl methyl sites for hydroxylation is 1. The van der Waals surface area contributed by atoms with E-state index >= 15 is 0 Å². The number of halogens is 1. The van der Waals surface area contributed by atoms with Gasteiger partial charge in [-0.1, -0.05) is 48.9 Å². The summed E-state index contributed by atoms with van der Waals surface area (Å²) in [7, 11) is 0. The molecule has 2 unspecified atom stereocenters. The minimum atomic E-state index is -0.531. The van der Waals surface area contributed by atoms with Gasteiger partial charge in [0.1, 0.15) is 5.82 Å². The zero-order valence-corrected chi connectivity index (χ0v) is 21.0. The number of carbonyl (C=O) groups excluding carboxylic acids is 2. The number of primary amides is 1. The van der Waals surface area contributed by atoms with Crippen LogP contribution in [0.15, 0.2) is 66.7 Å². The number of aromatic amines is 1. The third kappa shape index (κ3) is 4.86. The molecule has 4 aromatic rings. The van der Waals surface area contributed by atoms with Gasteiger partial charge in [-0.2, -0.15) is 0 Å². The van der Waals surface area contributed by atoms with Gasteiger partial charge in [0.05, 0.1) is 11.0 Å². The Kier molecular flexibility index (Phi) is 6.79. The number of nitrogens with zero attached hydrogens (tertiary/aromatic N) is 2. The number of imidazole rings is 1. The van der Waals surface area contributed by atoms with E-state index in [0.717, 1.165) is 43.3 Å². The second-order valence-electron chi connectivity index (χ2n) is 9.49. The second kappa shape index (κ2) is 10.2. The Labute approximate surface area is 215 Å². The van der Waals surface area contributed by atoms with E-state index in [1.54, 1.807) is 24.3 Å². The highest BCUT2D eigenvalue weighted by atomic mass is 35.5. The van der Waals surface area contributed by atoms with Crippen LogP contribution in [0.3, 0.4) is 0 Å². The van der Waals surface area contributed by atoms with Crippen LogP contribution in [-0.2, 0) is 6.42 Å². The van der Waals surface area contributed by atoms with E-state index in [2.05, 4.69) is 22.1 Å². The molecule has 1 aliphatic heterocycles. The summed E-state index contributed by atoms with van der Waals surface area (Å²) < 4.78 is 0. The van der Waals surface area contributed by atoms with Gasteiger partial charge in [-0.3, -0.25) is 9.59 Å². The van der Waals surface area contributed by atoms with Gasteiger partial charge in [0.25, 0.3) is 5.91 Å². The first-order valence-electron chi connectivity index (χ1n) is 12.3. The third-order valence-corrected chi connectivity index (χ3v) is 7.39. The molecule has 0 radical (unpaired) electrons. The number of aromatic nitrogens is 2. The Bertz CT molecular complexity index is 1420. The van der Waals surface area contributed by atoms with E-state index < -0.39 is 5.91 Å². The fourth-order valence-corrected chi connectivity index (χ4v) is 5.35. The predicted molar refractivity (Wildman–Crippen MR) is 142 cm³/mol. The fraction of sp³-hybridized carbons (Fsp3) is 0.276. The van der Waals surface area contributed by atoms with Gasteiger partial charge >= 0.3 is 0 Å². The van der Waals surface area contributed by atoms with E-state index in [0.29, 0.717) is 27.5 Å². The van der Waals surface area contributed by atoms with Crippen LogP contribution in [0.1, 0.15) is 69.8 Å². The average Bonchev–Trinajstić information content (AvgIpc) is 3.53. The Morgan fingerprint density at radius 3 is 2.72 bits per heavy atom. The van der Waals surface area contributed by atoms with Crippen molar-refractivity contribution in [1.29, 1.82) is 0 Å². The van der Waals surface area contributed by atoms with Crippen LogP contribution in [0, 0.1) is 0 Å². The Hall–Kier alpha value is -3.64. The molecule has 2 heterocycles. The maximum Gasteiger partial charge on any atom is 0.254 e. The van der Waals surface area contributed by atoms with Crippen molar-refractivity contribution in [3.8, 4) is 0 Å². The van der Waals surface area contributed by atoms with E-state index in [4.69, 9.17) is 17.3 Å². The summed E-state index contributed by atoms with van der Waals surface area (Å²) >= 11 is 6.13. The van der Waals surface area contributed by atoms with Crippen LogP contribution in [0.5, 0.6) is 0 Å². The van der Waals surface area contributed by atoms with Crippen molar-refractivity contribution in [1.82, 2.24) is 14.9 Å². The van der Waals surface area contributed by atoms with E-state index in [-0.39, 0.29) is 17.9 Å². The maximum atomic E-state index is 13.6. The molecule has 184 valence electrons. The van der Waals surface area contributed by atoms with Gasteiger partial charge in [-0.15, -0.1) is 0 Å². The summed E-state index contributed by atoms with van der Waals surface area (Å²) in [5.74, 6) is -0.136. The van der Waals surface area contributed by atoms with Gasteiger partial charge in [-0.25, -0.2) is 4.98 Å². The molecular formula is C29H29ClN4O2. The summed E-state index contributed by atoms with van der Waals surface area (Å²) in [4.78, 5) is 35.8. The zero-order valence-electron chi connectivity index (χ0n) is 20.2. The van der Waals surface area contributed by atoms with Crippen LogP contribution >= 0.6 is 11.6 Å². The van der Waals surface area contributed by atoms with E-state index in [9.17, 15) is 9.59 Å². The molecule has 2 atom stereocenters. The zero-order chi connectivity index (χ0) is 25.2. The number of benzene rings is 3. The monoisotopic (exact) mass is 500 g/mol. The molecule has 0 bridgehead atoms. The van der Waals surface area contributed by atoms with Gasteiger partial charge in [0.2, 0.25) is 5.91 Å². The number of amides is 2. The second-order valence-corrected chi connectivity index (χ2v) is 9.93. The van der Waals surface area contributed by atoms with Crippen LogP contribution in [0.25, 0.3) is 11.0 Å².